The number of ether oxygens (including phenoxy) is 1. The predicted molar refractivity (Wildman–Crippen MR) is 71.6 cm³/mol. The molecule has 7 heteroatoms. The number of nitrogens with zero attached hydrogens (tertiary/aromatic N) is 2. The minimum absolute atomic E-state index is 0.0124. The summed E-state index contributed by atoms with van der Waals surface area (Å²) in [5, 5.41) is 10.8. The van der Waals surface area contributed by atoms with Crippen LogP contribution in [0.25, 0.3) is 0 Å². The van der Waals surface area contributed by atoms with E-state index in [2.05, 4.69) is 10.3 Å². The van der Waals surface area contributed by atoms with Crippen molar-refractivity contribution in [1.29, 1.82) is 0 Å². The van der Waals surface area contributed by atoms with Crippen LogP contribution in [0.15, 0.2) is 18.2 Å². The molecule has 1 heterocycles. The van der Waals surface area contributed by atoms with Crippen molar-refractivity contribution in [1.82, 2.24) is 4.90 Å². The number of nitrogens with one attached hydrogen (secondary N) is 1. The number of anilines is 1. The molecular formula is C12H18N4O3. The average molecular weight is 266 g/mol. The van der Waals surface area contributed by atoms with Crippen LogP contribution in [0.1, 0.15) is 12.5 Å². The molecule has 0 bridgehead atoms. The first kappa shape index (κ1) is 13.7. The molecule has 3 N–H and O–H groups in total. The van der Waals surface area contributed by atoms with Gasteiger partial charge < -0.3 is 10.2 Å². The minimum atomic E-state index is -0.449. The summed E-state index contributed by atoms with van der Waals surface area (Å²) >= 11 is 0. The molecule has 1 aromatic rings. The van der Waals surface area contributed by atoms with Crippen LogP contribution in [0.3, 0.4) is 0 Å². The van der Waals surface area contributed by atoms with Crippen LogP contribution >= 0.6 is 0 Å². The molecule has 0 aliphatic carbocycles. The van der Waals surface area contributed by atoms with Crippen LogP contribution in [-0.2, 0) is 11.3 Å². The summed E-state index contributed by atoms with van der Waals surface area (Å²) in [6, 6.07) is 4.96. The van der Waals surface area contributed by atoms with Gasteiger partial charge in [0.05, 0.1) is 17.6 Å². The second-order valence-electron chi connectivity index (χ2n) is 4.67. The second-order valence-corrected chi connectivity index (χ2v) is 4.67. The summed E-state index contributed by atoms with van der Waals surface area (Å²) in [7, 11) is 0. The van der Waals surface area contributed by atoms with Crippen molar-refractivity contribution in [2.24, 2.45) is 5.84 Å². The van der Waals surface area contributed by atoms with Gasteiger partial charge in [0.1, 0.15) is 5.69 Å². The first-order valence-electron chi connectivity index (χ1n) is 6.18. The first-order valence-corrected chi connectivity index (χ1v) is 6.18. The zero-order chi connectivity index (χ0) is 13.8. The van der Waals surface area contributed by atoms with Crippen molar-refractivity contribution < 1.29 is 9.66 Å². The lowest BCUT2D eigenvalue weighted by Gasteiger charge is -2.31. The molecule has 7 nitrogen and oxygen atoms in total. The molecule has 0 saturated carbocycles. The molecule has 2 rings (SSSR count). The maximum atomic E-state index is 10.8. The number of hydrazine groups is 1. The highest BCUT2D eigenvalue weighted by molar-refractivity contribution is 5.62. The molecule has 1 aliphatic heterocycles. The fraction of sp³-hybridized carbons (Fsp3) is 0.500. The van der Waals surface area contributed by atoms with Gasteiger partial charge in [0.25, 0.3) is 5.69 Å². The zero-order valence-electron chi connectivity index (χ0n) is 10.8. The maximum absolute atomic E-state index is 10.8. The second kappa shape index (κ2) is 5.96. The van der Waals surface area contributed by atoms with Crippen molar-refractivity contribution in [3.8, 4) is 0 Å². The van der Waals surface area contributed by atoms with E-state index in [1.165, 1.54) is 6.07 Å². The highest BCUT2D eigenvalue weighted by Crippen LogP contribution is 2.25. The van der Waals surface area contributed by atoms with E-state index in [4.69, 9.17) is 10.6 Å². The van der Waals surface area contributed by atoms with Gasteiger partial charge in [-0.3, -0.25) is 20.9 Å². The fourth-order valence-electron chi connectivity index (χ4n) is 2.25. The summed E-state index contributed by atoms with van der Waals surface area (Å²) in [4.78, 5) is 12.6. The van der Waals surface area contributed by atoms with Crippen molar-refractivity contribution >= 4 is 11.4 Å². The Labute approximate surface area is 111 Å². The monoisotopic (exact) mass is 266 g/mol. The van der Waals surface area contributed by atoms with Crippen LogP contribution in [0.2, 0.25) is 0 Å². The van der Waals surface area contributed by atoms with Crippen LogP contribution < -0.4 is 11.3 Å². The average Bonchev–Trinajstić information content (AvgIpc) is 2.38. The third kappa shape index (κ3) is 3.40. The number of nitro groups is 1. The first-order chi connectivity index (χ1) is 9.10. The van der Waals surface area contributed by atoms with Gasteiger partial charge in [0, 0.05) is 25.7 Å². The van der Waals surface area contributed by atoms with E-state index < -0.39 is 4.92 Å². The van der Waals surface area contributed by atoms with Crippen molar-refractivity contribution in [2.45, 2.75) is 19.6 Å². The van der Waals surface area contributed by atoms with Gasteiger partial charge >= 0.3 is 0 Å². The number of morpholine rings is 1. The minimum Gasteiger partial charge on any atom is -0.376 e. The Morgan fingerprint density at radius 3 is 3.05 bits per heavy atom. The Balaban J connectivity index is 2.10. The van der Waals surface area contributed by atoms with Crippen LogP contribution in [0, 0.1) is 10.1 Å². The molecule has 104 valence electrons. The van der Waals surface area contributed by atoms with E-state index in [1.807, 2.05) is 6.92 Å². The fourth-order valence-corrected chi connectivity index (χ4v) is 2.25. The number of nitrogens with two attached hydrogens (primary N) is 1. The molecule has 1 aromatic carbocycles. The third-order valence-corrected chi connectivity index (χ3v) is 3.14. The standard InChI is InChI=1S/C12H18N4O3/c1-9-7-15(4-5-19-9)8-10-2-3-12(16(17)18)11(6-10)14-13/h2-3,6,9,14H,4-5,7-8,13H2,1H3. The van der Waals surface area contributed by atoms with Gasteiger partial charge in [-0.05, 0) is 18.6 Å². The van der Waals surface area contributed by atoms with E-state index in [0.717, 1.165) is 31.8 Å². The summed E-state index contributed by atoms with van der Waals surface area (Å²) in [6.07, 6.45) is 0.221. The maximum Gasteiger partial charge on any atom is 0.293 e. The highest BCUT2D eigenvalue weighted by Gasteiger charge is 2.18. The van der Waals surface area contributed by atoms with Gasteiger partial charge in [-0.25, -0.2) is 0 Å². The normalized spacial score (nSPS) is 20.2. The SMILES string of the molecule is CC1CN(Cc2ccc([N+](=O)[O-])c(NN)c2)CCO1. The summed E-state index contributed by atoms with van der Waals surface area (Å²) in [6.45, 7) is 5.22. The lowest BCUT2D eigenvalue weighted by Crippen LogP contribution is -2.40. The number of rotatable bonds is 4. The Bertz CT molecular complexity index is 466. The molecule has 1 saturated heterocycles. The van der Waals surface area contributed by atoms with Gasteiger partial charge in [-0.15, -0.1) is 0 Å². The number of nitro benzene ring substituents is 1. The van der Waals surface area contributed by atoms with Gasteiger partial charge in [0.2, 0.25) is 0 Å². The molecule has 0 amide bonds. The van der Waals surface area contributed by atoms with Gasteiger partial charge in [0.15, 0.2) is 0 Å². The summed E-state index contributed by atoms with van der Waals surface area (Å²) < 4.78 is 5.48. The Morgan fingerprint density at radius 2 is 2.42 bits per heavy atom. The summed E-state index contributed by atoms with van der Waals surface area (Å²) in [5.74, 6) is 5.32. The molecule has 19 heavy (non-hydrogen) atoms. The summed E-state index contributed by atoms with van der Waals surface area (Å²) in [5.41, 5.74) is 3.70. The molecule has 1 fully saturated rings. The Morgan fingerprint density at radius 1 is 1.63 bits per heavy atom. The van der Waals surface area contributed by atoms with Gasteiger partial charge in [-0.1, -0.05) is 6.07 Å². The molecule has 1 aliphatic rings. The van der Waals surface area contributed by atoms with Crippen LogP contribution in [0.4, 0.5) is 11.4 Å². The molecular weight excluding hydrogens is 248 g/mol. The largest absolute Gasteiger partial charge is 0.376 e. The number of nitrogen functional groups attached to an aromatic ring is 1. The Hall–Kier alpha value is -1.70. The van der Waals surface area contributed by atoms with E-state index in [1.54, 1.807) is 12.1 Å². The topological polar surface area (TPSA) is 93.7 Å². The highest BCUT2D eigenvalue weighted by atomic mass is 16.6. The predicted octanol–water partition coefficient (Wildman–Crippen LogP) is 1.10. The smallest absolute Gasteiger partial charge is 0.293 e. The van der Waals surface area contributed by atoms with Crippen molar-refractivity contribution in [2.75, 3.05) is 25.1 Å². The zero-order valence-corrected chi connectivity index (χ0v) is 10.8. The molecule has 0 aromatic heterocycles. The number of benzene rings is 1. The molecule has 0 spiro atoms. The van der Waals surface area contributed by atoms with Crippen LogP contribution in [-0.4, -0.2) is 35.6 Å². The third-order valence-electron chi connectivity index (χ3n) is 3.14. The van der Waals surface area contributed by atoms with Gasteiger partial charge in [-0.2, -0.15) is 0 Å². The quantitative estimate of drug-likeness (QED) is 0.481. The van der Waals surface area contributed by atoms with E-state index in [0.29, 0.717) is 5.69 Å². The molecule has 0 radical (unpaired) electrons. The van der Waals surface area contributed by atoms with Crippen molar-refractivity contribution in [3.05, 3.63) is 33.9 Å². The van der Waals surface area contributed by atoms with Crippen molar-refractivity contribution in [3.63, 3.8) is 0 Å². The Kier molecular flexibility index (Phi) is 4.31. The van der Waals surface area contributed by atoms with E-state index in [-0.39, 0.29) is 11.8 Å². The molecule has 1 unspecified atom stereocenters. The van der Waals surface area contributed by atoms with E-state index >= 15 is 0 Å². The lowest BCUT2D eigenvalue weighted by molar-refractivity contribution is -0.384. The molecule has 1 atom stereocenters. The number of hydrogen-bond acceptors (Lipinski definition) is 6. The lowest BCUT2D eigenvalue weighted by atomic mass is 10.1. The number of hydrogen-bond donors (Lipinski definition) is 2. The van der Waals surface area contributed by atoms with Crippen LogP contribution in [0.5, 0.6) is 0 Å². The van der Waals surface area contributed by atoms with E-state index in [9.17, 15) is 10.1 Å².